The van der Waals surface area contributed by atoms with Crippen LogP contribution in [0.5, 0.6) is 11.8 Å². The van der Waals surface area contributed by atoms with Gasteiger partial charge < -0.3 is 19.6 Å². The number of fused-ring (bicyclic) bond motifs is 4. The molecule has 0 spiro atoms. The molecule has 1 aliphatic carbocycles. The topological polar surface area (TPSA) is 73.8 Å². The highest BCUT2D eigenvalue weighted by Gasteiger charge is 2.46. The minimum Gasteiger partial charge on any atom is -0.508 e. The highest BCUT2D eigenvalue weighted by atomic mass is 19.1. The van der Waals surface area contributed by atoms with Gasteiger partial charge in [-0.2, -0.15) is 9.97 Å². The molecule has 0 amide bonds. The van der Waals surface area contributed by atoms with Crippen molar-refractivity contribution in [1.29, 1.82) is 0 Å². The van der Waals surface area contributed by atoms with Crippen molar-refractivity contribution in [3.63, 3.8) is 0 Å². The second kappa shape index (κ2) is 9.46. The predicted molar refractivity (Wildman–Crippen MR) is 152 cm³/mol. The zero-order valence-corrected chi connectivity index (χ0v) is 23.1. The molecule has 2 atom stereocenters. The van der Waals surface area contributed by atoms with Gasteiger partial charge in [0, 0.05) is 29.9 Å². The Morgan fingerprint density at radius 2 is 1.90 bits per heavy atom. The number of hydrogen-bond donors (Lipinski definition) is 2. The van der Waals surface area contributed by atoms with Gasteiger partial charge in [0.1, 0.15) is 22.9 Å². The minimum atomic E-state index is -1.59. The van der Waals surface area contributed by atoms with Gasteiger partial charge in [0.05, 0.1) is 18.7 Å². The van der Waals surface area contributed by atoms with Crippen LogP contribution in [0.15, 0.2) is 42.5 Å². The second-order valence-corrected chi connectivity index (χ2v) is 12.2. The summed E-state index contributed by atoms with van der Waals surface area (Å²) in [5.74, 6) is -3.15. The lowest BCUT2D eigenvalue weighted by Crippen LogP contribution is -2.57. The van der Waals surface area contributed by atoms with Gasteiger partial charge in [0.15, 0.2) is 11.6 Å². The normalized spacial score (nSPS) is 23.1. The molecule has 1 aromatic heterocycles. The van der Waals surface area contributed by atoms with Crippen LogP contribution in [-0.2, 0) is 0 Å². The molecular weight excluding hydrogens is 531 g/mol. The molecular formula is C31H32F3N5O2. The Hall–Kier alpha value is -3.63. The first-order valence-electron chi connectivity index (χ1n) is 14.0. The van der Waals surface area contributed by atoms with Gasteiger partial charge in [-0.05, 0) is 74.3 Å². The lowest BCUT2D eigenvalue weighted by atomic mass is 9.95. The Bertz CT molecular complexity index is 1680. The molecule has 2 saturated heterocycles. The van der Waals surface area contributed by atoms with E-state index in [1.54, 1.807) is 35.2 Å². The zero-order valence-electron chi connectivity index (χ0n) is 23.1. The summed E-state index contributed by atoms with van der Waals surface area (Å²) in [5, 5.41) is 14.8. The van der Waals surface area contributed by atoms with Crippen LogP contribution in [0.25, 0.3) is 32.8 Å². The number of hydrogen-bond acceptors (Lipinski definition) is 7. The van der Waals surface area contributed by atoms with Gasteiger partial charge in [-0.3, -0.25) is 5.32 Å². The molecule has 3 aliphatic rings. The number of nitrogens with zero attached hydrogens (tertiary/aromatic N) is 4. The number of rotatable bonds is 7. The van der Waals surface area contributed by atoms with Gasteiger partial charge in [-0.1, -0.05) is 24.3 Å². The van der Waals surface area contributed by atoms with E-state index in [1.807, 2.05) is 14.1 Å². The quantitative estimate of drug-likeness (QED) is 0.292. The predicted octanol–water partition coefficient (Wildman–Crippen LogP) is 5.39. The largest absolute Gasteiger partial charge is 0.508 e. The van der Waals surface area contributed by atoms with E-state index in [9.17, 15) is 5.11 Å². The maximum Gasteiger partial charge on any atom is 0.319 e. The average Bonchev–Trinajstić information content (AvgIpc) is 3.62. The summed E-state index contributed by atoms with van der Waals surface area (Å²) in [5.41, 5.74) is -0.212. The molecule has 2 bridgehead atoms. The molecule has 0 radical (unpaired) electrons. The molecule has 0 unspecified atom stereocenters. The Kier molecular flexibility index (Phi) is 6.06. The zero-order chi connectivity index (χ0) is 28.5. The van der Waals surface area contributed by atoms with E-state index in [4.69, 9.17) is 4.74 Å². The molecule has 41 heavy (non-hydrogen) atoms. The highest BCUT2D eigenvalue weighted by Crippen LogP contribution is 2.47. The van der Waals surface area contributed by atoms with Crippen molar-refractivity contribution >= 4 is 27.5 Å². The third-order valence-electron chi connectivity index (χ3n) is 8.61. The number of phenolic OH excluding ortho intramolecular Hbond substituents is 1. The number of nitrogens with one attached hydrogen (secondary N) is 1. The summed E-state index contributed by atoms with van der Waals surface area (Å²) in [4.78, 5) is 12.9. The van der Waals surface area contributed by atoms with Crippen LogP contribution >= 0.6 is 0 Å². The molecule has 2 aliphatic heterocycles. The molecule has 3 heterocycles. The lowest BCUT2D eigenvalue weighted by molar-refractivity contribution is 0.128. The van der Waals surface area contributed by atoms with Crippen molar-refractivity contribution in [2.45, 2.75) is 37.5 Å². The van der Waals surface area contributed by atoms with E-state index < -0.39 is 17.4 Å². The first kappa shape index (κ1) is 26.3. The highest BCUT2D eigenvalue weighted by molar-refractivity contribution is 6.01. The van der Waals surface area contributed by atoms with Crippen molar-refractivity contribution in [3.8, 4) is 22.9 Å². The summed E-state index contributed by atoms with van der Waals surface area (Å²) in [6.45, 7) is 1.65. The number of anilines is 1. The number of piperazine rings is 1. The van der Waals surface area contributed by atoms with Crippen LogP contribution in [0.4, 0.5) is 19.0 Å². The number of alkyl halides is 1. The van der Waals surface area contributed by atoms with E-state index in [0.717, 1.165) is 19.4 Å². The monoisotopic (exact) mass is 563 g/mol. The SMILES string of the molecule is CN(C)CC1(COc2nc(N3C[C@@H]4CC[C@@](F)(C3)N4)c3cc(F)c(-c4cc(O)cc5ccccc45)c(F)c3n2)CC1. The molecule has 4 aromatic rings. The number of phenols is 1. The maximum atomic E-state index is 16.5. The number of aromatic nitrogens is 2. The average molecular weight is 564 g/mol. The molecule has 2 N–H and O–H groups in total. The molecule has 3 aromatic carbocycles. The number of ether oxygens (including phenoxy) is 1. The van der Waals surface area contributed by atoms with Gasteiger partial charge >= 0.3 is 6.01 Å². The van der Waals surface area contributed by atoms with Gasteiger partial charge in [-0.25, -0.2) is 13.2 Å². The molecule has 10 heteroatoms. The van der Waals surface area contributed by atoms with Crippen molar-refractivity contribution in [1.82, 2.24) is 20.2 Å². The van der Waals surface area contributed by atoms with Crippen LogP contribution in [0.3, 0.4) is 0 Å². The van der Waals surface area contributed by atoms with Crippen LogP contribution < -0.4 is 15.0 Å². The summed E-state index contributed by atoms with van der Waals surface area (Å²) in [6.07, 6.45) is 3.04. The lowest BCUT2D eigenvalue weighted by Gasteiger charge is -2.37. The van der Waals surface area contributed by atoms with Gasteiger partial charge in [0.2, 0.25) is 0 Å². The fourth-order valence-electron chi connectivity index (χ4n) is 6.60. The number of aromatic hydroxyl groups is 1. The summed E-state index contributed by atoms with van der Waals surface area (Å²) in [7, 11) is 4.01. The third-order valence-corrected chi connectivity index (χ3v) is 8.61. The van der Waals surface area contributed by atoms with Crippen LogP contribution in [0.2, 0.25) is 0 Å². The second-order valence-electron chi connectivity index (χ2n) is 12.2. The van der Waals surface area contributed by atoms with Crippen LogP contribution in [0.1, 0.15) is 25.7 Å². The van der Waals surface area contributed by atoms with E-state index in [0.29, 0.717) is 36.8 Å². The number of halogens is 3. The van der Waals surface area contributed by atoms with Gasteiger partial charge in [-0.15, -0.1) is 0 Å². The van der Waals surface area contributed by atoms with Gasteiger partial charge in [0.25, 0.3) is 0 Å². The first-order chi connectivity index (χ1) is 19.6. The van der Waals surface area contributed by atoms with E-state index in [2.05, 4.69) is 20.2 Å². The Labute approximate surface area is 235 Å². The summed E-state index contributed by atoms with van der Waals surface area (Å²) in [6, 6.07) is 11.1. The fraction of sp³-hybridized carbons (Fsp3) is 0.419. The van der Waals surface area contributed by atoms with Crippen LogP contribution in [0, 0.1) is 17.0 Å². The Balaban J connectivity index is 1.38. The Morgan fingerprint density at radius 3 is 2.66 bits per heavy atom. The third kappa shape index (κ3) is 4.72. The smallest absolute Gasteiger partial charge is 0.319 e. The molecule has 1 saturated carbocycles. The maximum absolute atomic E-state index is 16.5. The molecule has 214 valence electrons. The van der Waals surface area contributed by atoms with Crippen molar-refractivity contribution in [2.75, 3.05) is 45.2 Å². The standard InChI is InChI=1S/C31H32F3N5O2/c1-38(2)15-30(9-10-30)17-41-29-35-27-23(28(36-29)39-14-19-7-8-31(34,16-39)37-19)13-24(32)25(26(27)33)22-12-20(40)11-18-5-3-4-6-21(18)22/h3-6,11-13,19,37,40H,7-10,14-17H2,1-2H3/t19-,31-/m0/s1. The summed E-state index contributed by atoms with van der Waals surface area (Å²) >= 11 is 0. The summed E-state index contributed by atoms with van der Waals surface area (Å²) < 4.78 is 54.0. The van der Waals surface area contributed by atoms with E-state index >= 15 is 13.2 Å². The fourth-order valence-corrected chi connectivity index (χ4v) is 6.60. The first-order valence-corrected chi connectivity index (χ1v) is 14.0. The van der Waals surface area contributed by atoms with E-state index in [-0.39, 0.29) is 57.6 Å². The van der Waals surface area contributed by atoms with Crippen LogP contribution in [-0.4, -0.2) is 72.1 Å². The molecule has 7 nitrogen and oxygen atoms in total. The Morgan fingerprint density at radius 1 is 1.10 bits per heavy atom. The van der Waals surface area contributed by atoms with Crippen molar-refractivity contribution in [2.24, 2.45) is 5.41 Å². The minimum absolute atomic E-state index is 0.00179. The van der Waals surface area contributed by atoms with Crippen molar-refractivity contribution < 1.29 is 23.0 Å². The van der Waals surface area contributed by atoms with Crippen molar-refractivity contribution in [3.05, 3.63) is 54.1 Å². The van der Waals surface area contributed by atoms with E-state index in [1.165, 1.54) is 12.1 Å². The number of benzene rings is 3. The molecule has 7 rings (SSSR count). The molecule has 3 fully saturated rings.